The minimum Gasteiger partial charge on any atom is -0.465 e. The van der Waals surface area contributed by atoms with E-state index in [-0.39, 0.29) is 5.56 Å². The summed E-state index contributed by atoms with van der Waals surface area (Å²) in [6, 6.07) is 0.960. The van der Waals surface area contributed by atoms with Crippen LogP contribution >= 0.6 is 0 Å². The SMILES string of the molecule is CCN(CCn1nc([C@H]2CCCN2C2CCC2)c2c3c(c(=O)[nH]c21)CCCC3)C(=O)O. The van der Waals surface area contributed by atoms with E-state index in [0.29, 0.717) is 31.7 Å². The molecule has 31 heavy (non-hydrogen) atoms. The first-order chi connectivity index (χ1) is 15.1. The zero-order valence-electron chi connectivity index (χ0n) is 18.4. The number of aromatic amines is 1. The lowest BCUT2D eigenvalue weighted by Crippen LogP contribution is -2.39. The van der Waals surface area contributed by atoms with Crippen molar-refractivity contribution < 1.29 is 9.90 Å². The highest BCUT2D eigenvalue weighted by Gasteiger charge is 2.38. The third kappa shape index (κ3) is 3.54. The number of hydrogen-bond acceptors (Lipinski definition) is 4. The molecular formula is C23H33N5O3. The van der Waals surface area contributed by atoms with Gasteiger partial charge in [0.05, 0.1) is 18.3 Å². The van der Waals surface area contributed by atoms with Gasteiger partial charge in [-0.3, -0.25) is 9.69 Å². The van der Waals surface area contributed by atoms with E-state index < -0.39 is 6.09 Å². The maximum absolute atomic E-state index is 12.9. The Labute approximate surface area is 182 Å². The number of aryl methyl sites for hydroxylation is 1. The van der Waals surface area contributed by atoms with E-state index >= 15 is 0 Å². The number of hydrogen-bond donors (Lipinski definition) is 2. The van der Waals surface area contributed by atoms with Crippen molar-refractivity contribution in [3.63, 3.8) is 0 Å². The van der Waals surface area contributed by atoms with Crippen LogP contribution < -0.4 is 5.56 Å². The van der Waals surface area contributed by atoms with E-state index in [1.165, 1.54) is 36.1 Å². The molecule has 0 spiro atoms. The van der Waals surface area contributed by atoms with Crippen molar-refractivity contribution in [2.24, 2.45) is 0 Å². The van der Waals surface area contributed by atoms with Gasteiger partial charge in [-0.25, -0.2) is 9.48 Å². The molecule has 1 aliphatic heterocycles. The molecule has 0 bridgehead atoms. The smallest absolute Gasteiger partial charge is 0.407 e. The quantitative estimate of drug-likeness (QED) is 0.738. The van der Waals surface area contributed by atoms with Crippen molar-refractivity contribution in [2.45, 2.75) is 83.3 Å². The first-order valence-electron chi connectivity index (χ1n) is 12.0. The number of aromatic nitrogens is 3. The molecule has 5 rings (SSSR count). The lowest BCUT2D eigenvalue weighted by atomic mass is 9.88. The highest BCUT2D eigenvalue weighted by Crippen LogP contribution is 2.42. The normalized spacial score (nSPS) is 21.9. The average molecular weight is 428 g/mol. The molecule has 168 valence electrons. The summed E-state index contributed by atoms with van der Waals surface area (Å²) >= 11 is 0. The molecule has 3 aliphatic rings. The largest absolute Gasteiger partial charge is 0.465 e. The van der Waals surface area contributed by atoms with E-state index in [2.05, 4.69) is 9.88 Å². The lowest BCUT2D eigenvalue weighted by Gasteiger charge is -2.38. The molecule has 2 aliphatic carbocycles. The average Bonchev–Trinajstić information content (AvgIpc) is 3.32. The third-order valence-electron chi connectivity index (χ3n) is 7.64. The van der Waals surface area contributed by atoms with E-state index in [9.17, 15) is 14.7 Å². The van der Waals surface area contributed by atoms with Crippen LogP contribution in [0.5, 0.6) is 0 Å². The third-order valence-corrected chi connectivity index (χ3v) is 7.64. The monoisotopic (exact) mass is 427 g/mol. The van der Waals surface area contributed by atoms with Crippen molar-refractivity contribution >= 4 is 17.1 Å². The molecule has 2 aromatic rings. The Hall–Kier alpha value is -2.35. The van der Waals surface area contributed by atoms with Crippen LogP contribution in [0.2, 0.25) is 0 Å². The first kappa shape index (κ1) is 20.5. The zero-order chi connectivity index (χ0) is 21.5. The predicted molar refractivity (Wildman–Crippen MR) is 119 cm³/mol. The fraction of sp³-hybridized carbons (Fsp3) is 0.696. The van der Waals surface area contributed by atoms with E-state index in [0.717, 1.165) is 60.9 Å². The lowest BCUT2D eigenvalue weighted by molar-refractivity contribution is 0.112. The Bertz CT molecular complexity index is 1040. The Morgan fingerprint density at radius 2 is 1.94 bits per heavy atom. The summed E-state index contributed by atoms with van der Waals surface area (Å²) in [7, 11) is 0. The molecular weight excluding hydrogens is 394 g/mol. The number of fused-ring (bicyclic) bond motifs is 3. The number of pyridine rings is 1. The van der Waals surface area contributed by atoms with Crippen LogP contribution in [0.4, 0.5) is 4.79 Å². The molecule has 1 atom stereocenters. The van der Waals surface area contributed by atoms with Gasteiger partial charge in [-0.05, 0) is 70.4 Å². The topological polar surface area (TPSA) is 94.5 Å². The minimum atomic E-state index is -0.919. The number of likely N-dealkylation sites (N-methyl/N-ethyl adjacent to an activating group) is 1. The summed E-state index contributed by atoms with van der Waals surface area (Å²) in [5.74, 6) is 0. The van der Waals surface area contributed by atoms with Crippen molar-refractivity contribution in [3.8, 4) is 0 Å². The minimum absolute atomic E-state index is 0.00255. The van der Waals surface area contributed by atoms with E-state index in [4.69, 9.17) is 5.10 Å². The molecule has 2 aromatic heterocycles. The summed E-state index contributed by atoms with van der Waals surface area (Å²) in [5, 5.41) is 15.6. The van der Waals surface area contributed by atoms with Crippen LogP contribution in [0.3, 0.4) is 0 Å². The molecule has 0 aromatic carbocycles. The number of nitrogens with zero attached hydrogens (tertiary/aromatic N) is 4. The highest BCUT2D eigenvalue weighted by molar-refractivity contribution is 5.84. The van der Waals surface area contributed by atoms with Crippen molar-refractivity contribution in [1.82, 2.24) is 24.6 Å². The van der Waals surface area contributed by atoms with E-state index in [1.807, 2.05) is 11.6 Å². The van der Waals surface area contributed by atoms with Crippen LogP contribution in [0, 0.1) is 0 Å². The number of nitrogens with one attached hydrogen (secondary N) is 1. The molecule has 3 heterocycles. The summed E-state index contributed by atoms with van der Waals surface area (Å²) < 4.78 is 1.86. The molecule has 1 amide bonds. The Morgan fingerprint density at radius 1 is 1.16 bits per heavy atom. The molecule has 8 heteroatoms. The number of amides is 1. The molecule has 1 saturated carbocycles. The van der Waals surface area contributed by atoms with Gasteiger partial charge in [-0.1, -0.05) is 6.42 Å². The summed E-state index contributed by atoms with van der Waals surface area (Å²) in [5.41, 5.74) is 4.02. The highest BCUT2D eigenvalue weighted by atomic mass is 16.4. The van der Waals surface area contributed by atoms with Gasteiger partial charge >= 0.3 is 6.09 Å². The maximum Gasteiger partial charge on any atom is 0.407 e. The second-order valence-electron chi connectivity index (χ2n) is 9.29. The van der Waals surface area contributed by atoms with Gasteiger partial charge in [0.25, 0.3) is 5.56 Å². The predicted octanol–water partition coefficient (Wildman–Crippen LogP) is 3.29. The molecule has 2 fully saturated rings. The van der Waals surface area contributed by atoms with Gasteiger partial charge in [-0.2, -0.15) is 5.10 Å². The van der Waals surface area contributed by atoms with Crippen molar-refractivity contribution in [2.75, 3.05) is 19.6 Å². The number of H-pyrrole nitrogens is 1. The Kier molecular flexibility index (Phi) is 5.50. The molecule has 8 nitrogen and oxygen atoms in total. The van der Waals surface area contributed by atoms with Crippen LogP contribution in [-0.2, 0) is 19.4 Å². The molecule has 2 N–H and O–H groups in total. The van der Waals surface area contributed by atoms with Gasteiger partial charge in [0.2, 0.25) is 0 Å². The summed E-state index contributed by atoms with van der Waals surface area (Å²) in [6.45, 7) is 4.21. The van der Waals surface area contributed by atoms with E-state index in [1.54, 1.807) is 0 Å². The van der Waals surface area contributed by atoms with Crippen LogP contribution in [-0.4, -0.2) is 61.4 Å². The zero-order valence-corrected chi connectivity index (χ0v) is 18.4. The fourth-order valence-electron chi connectivity index (χ4n) is 5.76. The standard InChI is InChI=1S/C23H33N5O3/c1-2-26(23(30)31)13-14-28-21-19(16-9-3-4-10-17(16)22(29)24-21)20(25-28)18-11-6-12-27(18)15-7-5-8-15/h15,18H,2-14H2,1H3,(H,24,29)(H,30,31)/t18-/m1/s1. The number of likely N-dealkylation sites (tertiary alicyclic amines) is 1. The van der Waals surface area contributed by atoms with Gasteiger partial charge < -0.3 is 15.0 Å². The van der Waals surface area contributed by atoms with Gasteiger partial charge in [0, 0.05) is 30.1 Å². The number of rotatable bonds is 6. The molecule has 0 radical (unpaired) electrons. The Balaban J connectivity index is 1.60. The number of carboxylic acid groups (broad SMARTS) is 1. The van der Waals surface area contributed by atoms with Crippen LogP contribution in [0.1, 0.15) is 74.7 Å². The maximum atomic E-state index is 12.9. The van der Waals surface area contributed by atoms with Crippen molar-refractivity contribution in [3.05, 3.63) is 27.2 Å². The molecule has 0 unspecified atom stereocenters. The number of carbonyl (C=O) groups is 1. The fourth-order valence-corrected chi connectivity index (χ4v) is 5.76. The summed E-state index contributed by atoms with van der Waals surface area (Å²) in [6.07, 6.45) is 9.16. The second-order valence-corrected chi connectivity index (χ2v) is 9.29. The molecule has 1 saturated heterocycles. The second kappa shape index (κ2) is 8.30. The first-order valence-corrected chi connectivity index (χ1v) is 12.0. The van der Waals surface area contributed by atoms with Gasteiger partial charge in [0.1, 0.15) is 5.65 Å². The van der Waals surface area contributed by atoms with Gasteiger partial charge in [-0.15, -0.1) is 0 Å². The van der Waals surface area contributed by atoms with Crippen LogP contribution in [0.25, 0.3) is 11.0 Å². The Morgan fingerprint density at radius 3 is 2.61 bits per heavy atom. The van der Waals surface area contributed by atoms with Crippen molar-refractivity contribution in [1.29, 1.82) is 0 Å². The van der Waals surface area contributed by atoms with Gasteiger partial charge in [0.15, 0.2) is 0 Å². The summed E-state index contributed by atoms with van der Waals surface area (Å²) in [4.78, 5) is 31.5. The van der Waals surface area contributed by atoms with Crippen LogP contribution in [0.15, 0.2) is 4.79 Å².